The lowest BCUT2D eigenvalue weighted by atomic mass is 10.0. The minimum absolute atomic E-state index is 0.250. The fourth-order valence-electron chi connectivity index (χ4n) is 1.26. The Hall–Kier alpha value is -1.05. The molecule has 0 amide bonds. The van der Waals surface area contributed by atoms with Crippen molar-refractivity contribution in [3.8, 4) is 0 Å². The van der Waals surface area contributed by atoms with Crippen LogP contribution < -0.4 is 0 Å². The molecule has 0 unspecified atom stereocenters. The zero-order valence-electron chi connectivity index (χ0n) is 7.79. The maximum Gasteiger partial charge on any atom is 0.417 e. The van der Waals surface area contributed by atoms with Crippen molar-refractivity contribution in [1.29, 1.82) is 0 Å². The lowest BCUT2D eigenvalue weighted by Crippen LogP contribution is -2.19. The monoisotopic (exact) mass is 320 g/mol. The molecular weight excluding hydrogens is 318 g/mol. The first-order valence-electron chi connectivity index (χ1n) is 4.00. The Balaban J connectivity index is 3.68. The maximum atomic E-state index is 12.5. The molecule has 1 aromatic carbocycles. The first-order chi connectivity index (χ1) is 7.57. The molecule has 0 aliphatic heterocycles. The fraction of sp³-hybridized carbons (Fsp3) is 0.222. The molecule has 0 saturated carbocycles. The van der Waals surface area contributed by atoms with Crippen molar-refractivity contribution in [2.24, 2.45) is 0 Å². The van der Waals surface area contributed by atoms with Crippen LogP contribution in [0.3, 0.4) is 0 Å². The molecule has 0 N–H and O–H groups in total. The summed E-state index contributed by atoms with van der Waals surface area (Å²) in [7, 11) is 0. The predicted octanol–water partition coefficient (Wildman–Crippen LogP) is 4.30. The SMILES string of the molecule is O=Cc1cc(Br)cc(C(F)(F)F)c1C(F)(F)F. The van der Waals surface area contributed by atoms with E-state index in [4.69, 9.17) is 0 Å². The van der Waals surface area contributed by atoms with Gasteiger partial charge in [-0.25, -0.2) is 0 Å². The first-order valence-corrected chi connectivity index (χ1v) is 4.79. The summed E-state index contributed by atoms with van der Waals surface area (Å²) >= 11 is 2.62. The number of benzene rings is 1. The molecule has 0 radical (unpaired) electrons. The van der Waals surface area contributed by atoms with Crippen LogP contribution in [0.4, 0.5) is 26.3 Å². The van der Waals surface area contributed by atoms with E-state index in [9.17, 15) is 31.1 Å². The quantitative estimate of drug-likeness (QED) is 0.557. The summed E-state index contributed by atoms with van der Waals surface area (Å²) in [6, 6.07) is 0.973. The van der Waals surface area contributed by atoms with Crippen molar-refractivity contribution < 1.29 is 31.1 Å². The minimum atomic E-state index is -5.25. The van der Waals surface area contributed by atoms with Gasteiger partial charge in [0.25, 0.3) is 0 Å². The van der Waals surface area contributed by atoms with Crippen LogP contribution in [-0.4, -0.2) is 6.29 Å². The highest BCUT2D eigenvalue weighted by Gasteiger charge is 2.45. The van der Waals surface area contributed by atoms with Crippen LogP contribution in [-0.2, 0) is 12.4 Å². The van der Waals surface area contributed by atoms with Gasteiger partial charge in [0.05, 0.1) is 11.1 Å². The average Bonchev–Trinajstić information content (AvgIpc) is 2.12. The predicted molar refractivity (Wildman–Crippen MR) is 49.5 cm³/mol. The number of carbonyl (C=O) groups excluding carboxylic acids is 1. The van der Waals surface area contributed by atoms with Crippen LogP contribution in [0, 0.1) is 0 Å². The van der Waals surface area contributed by atoms with Gasteiger partial charge in [-0.2, -0.15) is 26.3 Å². The number of alkyl halides is 6. The van der Waals surface area contributed by atoms with Crippen LogP contribution in [0.2, 0.25) is 0 Å². The first kappa shape index (κ1) is 14.0. The largest absolute Gasteiger partial charge is 0.417 e. The molecule has 0 heterocycles. The van der Waals surface area contributed by atoms with Crippen LogP contribution in [0.1, 0.15) is 21.5 Å². The second-order valence-electron chi connectivity index (χ2n) is 3.03. The van der Waals surface area contributed by atoms with Crippen LogP contribution in [0.5, 0.6) is 0 Å². The Bertz CT molecular complexity index is 448. The molecule has 1 rings (SSSR count). The Labute approximate surface area is 99.5 Å². The third kappa shape index (κ3) is 2.99. The summed E-state index contributed by atoms with van der Waals surface area (Å²) in [6.45, 7) is 0. The number of aldehydes is 1. The summed E-state index contributed by atoms with van der Waals surface area (Å²) in [5.74, 6) is 0. The molecule has 0 fully saturated rings. The maximum absolute atomic E-state index is 12.5. The zero-order chi connectivity index (χ0) is 13.4. The molecule has 0 aliphatic rings. The fourth-order valence-corrected chi connectivity index (χ4v) is 1.74. The van der Waals surface area contributed by atoms with Crippen molar-refractivity contribution in [1.82, 2.24) is 0 Å². The standard InChI is InChI=1S/C9H3BrF6O/c10-5-1-4(3-17)7(9(14,15)16)6(2-5)8(11,12)13/h1-3H. The Morgan fingerprint density at radius 1 is 1.00 bits per heavy atom. The minimum Gasteiger partial charge on any atom is -0.298 e. The molecule has 0 atom stereocenters. The van der Waals surface area contributed by atoms with Crippen molar-refractivity contribution in [2.75, 3.05) is 0 Å². The summed E-state index contributed by atoms with van der Waals surface area (Å²) in [5.41, 5.74) is -4.91. The highest BCUT2D eigenvalue weighted by Crippen LogP contribution is 2.42. The van der Waals surface area contributed by atoms with E-state index in [1.54, 1.807) is 0 Å². The Kier molecular flexibility index (Phi) is 3.56. The van der Waals surface area contributed by atoms with Gasteiger partial charge in [-0.3, -0.25) is 4.79 Å². The van der Waals surface area contributed by atoms with Gasteiger partial charge in [0.2, 0.25) is 0 Å². The molecule has 94 valence electrons. The summed E-state index contributed by atoms with van der Waals surface area (Å²) in [6.07, 6.45) is -10.7. The number of carbonyl (C=O) groups is 1. The van der Waals surface area contributed by atoms with E-state index < -0.39 is 29.0 Å². The number of halogens is 7. The number of hydrogen-bond acceptors (Lipinski definition) is 1. The Morgan fingerprint density at radius 2 is 1.53 bits per heavy atom. The lowest BCUT2D eigenvalue weighted by molar-refractivity contribution is -0.162. The van der Waals surface area contributed by atoms with Gasteiger partial charge < -0.3 is 0 Å². The lowest BCUT2D eigenvalue weighted by Gasteiger charge is -2.17. The van der Waals surface area contributed by atoms with Crippen LogP contribution in [0.15, 0.2) is 16.6 Å². The highest BCUT2D eigenvalue weighted by atomic mass is 79.9. The van der Waals surface area contributed by atoms with Crippen LogP contribution >= 0.6 is 15.9 Å². The average molecular weight is 321 g/mol. The molecule has 0 spiro atoms. The number of rotatable bonds is 1. The van der Waals surface area contributed by atoms with Crippen molar-refractivity contribution in [3.05, 3.63) is 33.3 Å². The summed E-state index contributed by atoms with van der Waals surface area (Å²) in [4.78, 5) is 10.4. The molecule has 8 heteroatoms. The van der Waals surface area contributed by atoms with Gasteiger partial charge >= 0.3 is 12.4 Å². The van der Waals surface area contributed by atoms with E-state index in [2.05, 4.69) is 15.9 Å². The van der Waals surface area contributed by atoms with E-state index in [-0.39, 0.29) is 16.8 Å². The van der Waals surface area contributed by atoms with E-state index in [0.29, 0.717) is 6.07 Å². The van der Waals surface area contributed by atoms with E-state index in [1.807, 2.05) is 0 Å². The molecular formula is C9H3BrF6O. The third-order valence-corrected chi connectivity index (χ3v) is 2.31. The second kappa shape index (κ2) is 4.32. The molecule has 0 aromatic heterocycles. The normalized spacial score (nSPS) is 12.6. The van der Waals surface area contributed by atoms with Crippen LogP contribution in [0.25, 0.3) is 0 Å². The Morgan fingerprint density at radius 3 is 1.88 bits per heavy atom. The molecule has 17 heavy (non-hydrogen) atoms. The van der Waals surface area contributed by atoms with Gasteiger partial charge in [0, 0.05) is 10.0 Å². The summed E-state index contributed by atoms with van der Waals surface area (Å²) < 4.78 is 74.5. The number of hydrogen-bond donors (Lipinski definition) is 0. The smallest absolute Gasteiger partial charge is 0.298 e. The van der Waals surface area contributed by atoms with Crippen molar-refractivity contribution >= 4 is 22.2 Å². The van der Waals surface area contributed by atoms with Gasteiger partial charge in [-0.05, 0) is 12.1 Å². The third-order valence-electron chi connectivity index (χ3n) is 1.85. The van der Waals surface area contributed by atoms with Gasteiger partial charge in [-0.15, -0.1) is 0 Å². The van der Waals surface area contributed by atoms with Crippen molar-refractivity contribution in [2.45, 2.75) is 12.4 Å². The highest BCUT2D eigenvalue weighted by molar-refractivity contribution is 9.10. The molecule has 1 aromatic rings. The zero-order valence-corrected chi connectivity index (χ0v) is 9.37. The molecule has 0 bridgehead atoms. The van der Waals surface area contributed by atoms with Gasteiger partial charge in [0.15, 0.2) is 6.29 Å². The second-order valence-corrected chi connectivity index (χ2v) is 3.95. The summed E-state index contributed by atoms with van der Waals surface area (Å²) in [5, 5.41) is 0. The van der Waals surface area contributed by atoms with Crippen molar-refractivity contribution in [3.63, 3.8) is 0 Å². The molecule has 0 saturated heterocycles. The van der Waals surface area contributed by atoms with Gasteiger partial charge in [0.1, 0.15) is 0 Å². The molecule has 0 aliphatic carbocycles. The van der Waals surface area contributed by atoms with Gasteiger partial charge in [-0.1, -0.05) is 15.9 Å². The molecule has 1 nitrogen and oxygen atoms in total. The van der Waals surface area contributed by atoms with E-state index in [1.165, 1.54) is 0 Å². The van der Waals surface area contributed by atoms with E-state index >= 15 is 0 Å². The van der Waals surface area contributed by atoms with E-state index in [0.717, 1.165) is 0 Å². The topological polar surface area (TPSA) is 17.1 Å².